The lowest BCUT2D eigenvalue weighted by Gasteiger charge is -2.17. The number of carbonyl (C=O) groups is 1. The zero-order valence-electron chi connectivity index (χ0n) is 18.9. The minimum atomic E-state index is -0.571. The zero-order chi connectivity index (χ0) is 23.5. The number of carbonyl (C=O) groups excluding carboxylic acids is 1. The van der Waals surface area contributed by atoms with Gasteiger partial charge in [-0.15, -0.1) is 0 Å². The Morgan fingerprint density at radius 3 is 2.73 bits per heavy atom. The summed E-state index contributed by atoms with van der Waals surface area (Å²) in [5.41, 5.74) is 2.95. The highest BCUT2D eigenvalue weighted by atomic mass is 19.1. The van der Waals surface area contributed by atoms with Gasteiger partial charge in [0.15, 0.2) is 0 Å². The van der Waals surface area contributed by atoms with E-state index in [9.17, 15) is 14.0 Å². The van der Waals surface area contributed by atoms with Crippen LogP contribution in [-0.4, -0.2) is 53.4 Å². The number of hydrogen-bond acceptors (Lipinski definition) is 5. The van der Waals surface area contributed by atoms with Crippen molar-refractivity contribution >= 4 is 22.9 Å². The molecule has 0 spiro atoms. The van der Waals surface area contributed by atoms with Crippen LogP contribution in [0.4, 0.5) is 4.39 Å². The van der Waals surface area contributed by atoms with E-state index < -0.39 is 5.82 Å². The van der Waals surface area contributed by atoms with E-state index >= 15 is 0 Å². The van der Waals surface area contributed by atoms with E-state index in [1.807, 2.05) is 26.0 Å². The number of amides is 1. The highest BCUT2D eigenvalue weighted by Gasteiger charge is 2.27. The quantitative estimate of drug-likeness (QED) is 0.569. The van der Waals surface area contributed by atoms with Crippen LogP contribution < -0.4 is 10.9 Å². The van der Waals surface area contributed by atoms with Gasteiger partial charge < -0.3 is 10.2 Å². The second-order valence-electron chi connectivity index (χ2n) is 8.32. The standard InChI is InChI=1S/C25H26FN5O2/c1-15(2)28-12-17-13-31(14-23(17)27-3)25(33)20-10-16(8-9-21(20)26)11-22-18-6-4-5-7-19(18)24(32)30-29-22/h4-10,12,15,27H,11,13-14H2,1-3H3,(H,30,32)/b28-12+. The molecule has 0 aliphatic carbocycles. The molecule has 1 aliphatic heterocycles. The maximum atomic E-state index is 14.7. The van der Waals surface area contributed by atoms with Crippen molar-refractivity contribution in [2.24, 2.45) is 4.99 Å². The average molecular weight is 448 g/mol. The molecule has 0 fully saturated rings. The molecule has 7 nitrogen and oxygen atoms in total. The Morgan fingerprint density at radius 2 is 2.00 bits per heavy atom. The normalized spacial score (nSPS) is 14.2. The van der Waals surface area contributed by atoms with Crippen LogP contribution in [0.25, 0.3) is 10.8 Å². The van der Waals surface area contributed by atoms with E-state index in [0.29, 0.717) is 30.6 Å². The number of rotatable bonds is 6. The van der Waals surface area contributed by atoms with Crippen molar-refractivity contribution in [2.75, 3.05) is 20.1 Å². The van der Waals surface area contributed by atoms with Gasteiger partial charge in [-0.2, -0.15) is 5.10 Å². The molecule has 2 N–H and O–H groups in total. The van der Waals surface area contributed by atoms with Crippen LogP contribution in [0.5, 0.6) is 0 Å². The van der Waals surface area contributed by atoms with Crippen molar-refractivity contribution in [3.63, 3.8) is 0 Å². The fraction of sp³-hybridized carbons (Fsp3) is 0.280. The third kappa shape index (κ3) is 4.69. The van der Waals surface area contributed by atoms with Gasteiger partial charge in [-0.1, -0.05) is 24.3 Å². The Balaban J connectivity index is 1.59. The average Bonchev–Trinajstić information content (AvgIpc) is 3.24. The Kier molecular flexibility index (Phi) is 6.35. The van der Waals surface area contributed by atoms with Gasteiger partial charge >= 0.3 is 0 Å². The lowest BCUT2D eigenvalue weighted by atomic mass is 10.0. The first-order chi connectivity index (χ1) is 15.9. The smallest absolute Gasteiger partial charge is 0.272 e. The summed E-state index contributed by atoms with van der Waals surface area (Å²) in [4.78, 5) is 31.3. The van der Waals surface area contributed by atoms with Crippen LogP contribution in [0.1, 0.15) is 35.5 Å². The van der Waals surface area contributed by atoms with Gasteiger partial charge in [0.05, 0.1) is 23.2 Å². The van der Waals surface area contributed by atoms with Crippen LogP contribution in [0, 0.1) is 5.82 Å². The van der Waals surface area contributed by atoms with Gasteiger partial charge in [0.2, 0.25) is 0 Å². The zero-order valence-corrected chi connectivity index (χ0v) is 18.9. The highest BCUT2D eigenvalue weighted by Crippen LogP contribution is 2.22. The molecule has 1 aliphatic rings. The first-order valence-electron chi connectivity index (χ1n) is 10.8. The molecule has 0 saturated heterocycles. The summed E-state index contributed by atoms with van der Waals surface area (Å²) in [5.74, 6) is -0.951. The van der Waals surface area contributed by atoms with Gasteiger partial charge in [0, 0.05) is 48.9 Å². The van der Waals surface area contributed by atoms with Crippen molar-refractivity contribution in [2.45, 2.75) is 26.3 Å². The van der Waals surface area contributed by atoms with Crippen LogP contribution in [0.2, 0.25) is 0 Å². The van der Waals surface area contributed by atoms with E-state index in [2.05, 4.69) is 20.5 Å². The number of aromatic nitrogens is 2. The van der Waals surface area contributed by atoms with Gasteiger partial charge in [0.25, 0.3) is 11.5 Å². The molecular formula is C25H26FN5O2. The largest absolute Gasteiger partial charge is 0.390 e. The van der Waals surface area contributed by atoms with Gasteiger partial charge in [0.1, 0.15) is 5.82 Å². The summed E-state index contributed by atoms with van der Waals surface area (Å²) >= 11 is 0. The molecule has 33 heavy (non-hydrogen) atoms. The van der Waals surface area contributed by atoms with Crippen molar-refractivity contribution in [1.29, 1.82) is 0 Å². The first kappa shape index (κ1) is 22.4. The summed E-state index contributed by atoms with van der Waals surface area (Å²) in [6.45, 7) is 4.69. The number of likely N-dealkylation sites (N-methyl/N-ethyl adjacent to an activating group) is 1. The number of nitrogens with zero attached hydrogens (tertiary/aromatic N) is 3. The molecule has 0 saturated carbocycles. The molecule has 3 aromatic rings. The van der Waals surface area contributed by atoms with Crippen molar-refractivity contribution in [1.82, 2.24) is 20.4 Å². The molecule has 170 valence electrons. The minimum Gasteiger partial charge on any atom is -0.390 e. The van der Waals surface area contributed by atoms with Crippen LogP contribution in [0.15, 0.2) is 63.5 Å². The molecule has 0 radical (unpaired) electrons. The maximum absolute atomic E-state index is 14.7. The third-order valence-electron chi connectivity index (χ3n) is 5.62. The van der Waals surface area contributed by atoms with Gasteiger partial charge in [-0.25, -0.2) is 9.49 Å². The second-order valence-corrected chi connectivity index (χ2v) is 8.32. The van der Waals surface area contributed by atoms with E-state index in [1.165, 1.54) is 6.07 Å². The Hall–Kier alpha value is -3.81. The Bertz CT molecular complexity index is 1330. The Labute approximate surface area is 191 Å². The van der Waals surface area contributed by atoms with E-state index in [0.717, 1.165) is 22.2 Å². The van der Waals surface area contributed by atoms with Crippen molar-refractivity contribution < 1.29 is 9.18 Å². The van der Waals surface area contributed by atoms with E-state index in [-0.39, 0.29) is 23.1 Å². The van der Waals surface area contributed by atoms with Gasteiger partial charge in [-0.05, 0) is 37.6 Å². The summed E-state index contributed by atoms with van der Waals surface area (Å²) in [6.07, 6.45) is 2.13. The number of fused-ring (bicyclic) bond motifs is 1. The second kappa shape index (κ2) is 9.36. The molecule has 0 unspecified atom stereocenters. The lowest BCUT2D eigenvalue weighted by molar-refractivity contribution is 0.0791. The van der Waals surface area contributed by atoms with Crippen LogP contribution in [0.3, 0.4) is 0 Å². The first-order valence-corrected chi connectivity index (χ1v) is 10.8. The van der Waals surface area contributed by atoms with Crippen LogP contribution >= 0.6 is 0 Å². The summed E-state index contributed by atoms with van der Waals surface area (Å²) in [6, 6.07) is 11.9. The number of benzene rings is 2. The fourth-order valence-electron chi connectivity index (χ4n) is 3.91. The van der Waals surface area contributed by atoms with Crippen molar-refractivity contribution in [3.05, 3.63) is 86.7 Å². The number of H-pyrrole nitrogens is 1. The van der Waals surface area contributed by atoms with Crippen molar-refractivity contribution in [3.8, 4) is 0 Å². The van der Waals surface area contributed by atoms with E-state index in [4.69, 9.17) is 0 Å². The number of hydrogen-bond donors (Lipinski definition) is 2. The van der Waals surface area contributed by atoms with Crippen LogP contribution in [-0.2, 0) is 6.42 Å². The molecule has 0 bridgehead atoms. The maximum Gasteiger partial charge on any atom is 0.272 e. The number of aliphatic imine (C=N–C) groups is 1. The molecule has 8 heteroatoms. The minimum absolute atomic E-state index is 0.0127. The monoisotopic (exact) mass is 447 g/mol. The molecule has 0 atom stereocenters. The number of halogens is 1. The predicted molar refractivity (Wildman–Crippen MR) is 127 cm³/mol. The number of aromatic amines is 1. The van der Waals surface area contributed by atoms with E-state index in [1.54, 1.807) is 42.4 Å². The molecule has 1 amide bonds. The number of nitrogens with one attached hydrogen (secondary N) is 2. The Morgan fingerprint density at radius 1 is 1.24 bits per heavy atom. The SMILES string of the molecule is CNC1=C(/C=N/C(C)C)CN(C(=O)c2cc(Cc3n[nH]c(=O)c4ccccc34)ccc2F)C1. The lowest BCUT2D eigenvalue weighted by Crippen LogP contribution is -2.31. The predicted octanol–water partition coefficient (Wildman–Crippen LogP) is 3.06. The molecule has 2 heterocycles. The third-order valence-corrected chi connectivity index (χ3v) is 5.62. The topological polar surface area (TPSA) is 90.4 Å². The van der Waals surface area contributed by atoms with Gasteiger partial charge in [-0.3, -0.25) is 14.6 Å². The molecule has 2 aromatic carbocycles. The fourth-order valence-corrected chi connectivity index (χ4v) is 3.91. The molecular weight excluding hydrogens is 421 g/mol. The summed E-state index contributed by atoms with van der Waals surface area (Å²) in [7, 11) is 1.80. The highest BCUT2D eigenvalue weighted by molar-refractivity contribution is 5.96. The molecule has 1 aromatic heterocycles. The summed E-state index contributed by atoms with van der Waals surface area (Å²) in [5, 5.41) is 11.1. The summed E-state index contributed by atoms with van der Waals surface area (Å²) < 4.78 is 14.7. The molecule has 4 rings (SSSR count).